The van der Waals surface area contributed by atoms with Gasteiger partial charge in [-0.15, -0.1) is 11.8 Å². The van der Waals surface area contributed by atoms with E-state index in [0.717, 1.165) is 29.1 Å². The third-order valence-electron chi connectivity index (χ3n) is 3.58. The van der Waals surface area contributed by atoms with Gasteiger partial charge in [0.25, 0.3) is 0 Å². The molecule has 1 amide bonds. The number of thioether (sulfide) groups is 1. The van der Waals surface area contributed by atoms with Gasteiger partial charge in [-0.1, -0.05) is 30.3 Å². The van der Waals surface area contributed by atoms with Gasteiger partial charge in [-0.05, 0) is 42.7 Å². The number of hydrogen-bond acceptors (Lipinski definition) is 3. The number of carbonyl (C=O) groups excluding carboxylic acids is 1. The molecule has 3 rings (SSSR count). The van der Waals surface area contributed by atoms with Gasteiger partial charge < -0.3 is 10.1 Å². The summed E-state index contributed by atoms with van der Waals surface area (Å²) in [4.78, 5) is 13.6. The first-order valence-electron chi connectivity index (χ1n) is 7.42. The number of amides is 1. The summed E-state index contributed by atoms with van der Waals surface area (Å²) >= 11 is 1.57. The summed E-state index contributed by atoms with van der Waals surface area (Å²) in [6.07, 6.45) is 2.20. The minimum Gasteiger partial charge on any atom is -0.497 e. The van der Waals surface area contributed by atoms with E-state index in [9.17, 15) is 4.79 Å². The minimum absolute atomic E-state index is 0.0921. The standard InChI is InChI=1S/C18H19NO2S/c1-21-15-9-11-16(12-10-15)22-17(13-5-3-2-4-6-13)18(20)19-14-7-8-14/h2-6,9-12,14,17H,7-8H2,1H3,(H,19,20)/t17-/m0/s1. The Hall–Kier alpha value is -1.94. The highest BCUT2D eigenvalue weighted by molar-refractivity contribution is 8.00. The van der Waals surface area contributed by atoms with Crippen LogP contribution in [0.5, 0.6) is 5.75 Å². The molecule has 0 radical (unpaired) electrons. The number of benzene rings is 2. The fourth-order valence-electron chi connectivity index (χ4n) is 2.20. The van der Waals surface area contributed by atoms with Gasteiger partial charge in [0.05, 0.1) is 7.11 Å². The van der Waals surface area contributed by atoms with Crippen LogP contribution >= 0.6 is 11.8 Å². The summed E-state index contributed by atoms with van der Waals surface area (Å²) in [6.45, 7) is 0. The number of carbonyl (C=O) groups is 1. The maximum absolute atomic E-state index is 12.6. The van der Waals surface area contributed by atoms with Crippen molar-refractivity contribution in [2.24, 2.45) is 0 Å². The molecule has 0 aliphatic heterocycles. The molecule has 0 unspecified atom stereocenters. The normalized spacial score (nSPS) is 15.1. The van der Waals surface area contributed by atoms with E-state index in [2.05, 4.69) is 5.32 Å². The Bertz CT molecular complexity index is 623. The van der Waals surface area contributed by atoms with E-state index < -0.39 is 0 Å². The van der Waals surface area contributed by atoms with Crippen molar-refractivity contribution in [2.75, 3.05) is 7.11 Å². The first-order valence-corrected chi connectivity index (χ1v) is 8.30. The second-order valence-corrected chi connectivity index (χ2v) is 6.55. The molecule has 0 spiro atoms. The fourth-order valence-corrected chi connectivity index (χ4v) is 3.23. The molecule has 1 fully saturated rings. The first-order chi connectivity index (χ1) is 10.8. The minimum atomic E-state index is -0.227. The van der Waals surface area contributed by atoms with E-state index in [1.807, 2.05) is 54.6 Å². The molecular formula is C18H19NO2S. The summed E-state index contributed by atoms with van der Waals surface area (Å²) in [5.74, 6) is 0.914. The Kier molecular flexibility index (Phi) is 4.68. The van der Waals surface area contributed by atoms with Gasteiger partial charge in [0.2, 0.25) is 5.91 Å². The fraction of sp³-hybridized carbons (Fsp3) is 0.278. The van der Waals surface area contributed by atoms with Gasteiger partial charge in [-0.3, -0.25) is 4.79 Å². The van der Waals surface area contributed by atoms with Crippen LogP contribution in [0.3, 0.4) is 0 Å². The van der Waals surface area contributed by atoms with Crippen LogP contribution in [0.15, 0.2) is 59.5 Å². The van der Waals surface area contributed by atoms with Gasteiger partial charge in [0.1, 0.15) is 11.0 Å². The molecule has 1 N–H and O–H groups in total. The SMILES string of the molecule is COc1ccc(S[C@H](C(=O)NC2CC2)c2ccccc2)cc1. The van der Waals surface area contributed by atoms with Crippen LogP contribution < -0.4 is 10.1 Å². The summed E-state index contributed by atoms with van der Waals surface area (Å²) in [7, 11) is 1.65. The van der Waals surface area contributed by atoms with Crippen LogP contribution in [0.25, 0.3) is 0 Å². The Morgan fingerprint density at radius 2 is 1.82 bits per heavy atom. The van der Waals surface area contributed by atoms with Gasteiger partial charge >= 0.3 is 0 Å². The number of nitrogens with one attached hydrogen (secondary N) is 1. The molecule has 3 nitrogen and oxygen atoms in total. The average molecular weight is 313 g/mol. The van der Waals surface area contributed by atoms with Crippen LogP contribution in [-0.4, -0.2) is 19.1 Å². The quantitative estimate of drug-likeness (QED) is 0.824. The highest BCUT2D eigenvalue weighted by Gasteiger charge is 2.28. The predicted molar refractivity (Wildman–Crippen MR) is 89.2 cm³/mol. The van der Waals surface area contributed by atoms with Gasteiger partial charge in [-0.2, -0.15) is 0 Å². The highest BCUT2D eigenvalue weighted by Crippen LogP contribution is 2.36. The van der Waals surface area contributed by atoms with E-state index in [4.69, 9.17) is 4.74 Å². The molecule has 22 heavy (non-hydrogen) atoms. The Labute approximate surface area is 135 Å². The van der Waals surface area contributed by atoms with Crippen molar-refractivity contribution >= 4 is 17.7 Å². The average Bonchev–Trinajstić information content (AvgIpc) is 3.38. The summed E-state index contributed by atoms with van der Waals surface area (Å²) in [6, 6.07) is 18.1. The maximum Gasteiger partial charge on any atom is 0.238 e. The third kappa shape index (κ3) is 3.83. The topological polar surface area (TPSA) is 38.3 Å². The van der Waals surface area contributed by atoms with Gasteiger partial charge in [-0.25, -0.2) is 0 Å². The summed E-state index contributed by atoms with van der Waals surface area (Å²) in [5.41, 5.74) is 1.03. The van der Waals surface area contributed by atoms with Crippen LogP contribution in [0.1, 0.15) is 23.7 Å². The number of hydrogen-bond donors (Lipinski definition) is 1. The second-order valence-electron chi connectivity index (χ2n) is 5.37. The zero-order chi connectivity index (χ0) is 15.4. The van der Waals surface area contributed by atoms with E-state index in [1.165, 1.54) is 0 Å². The molecular weight excluding hydrogens is 294 g/mol. The third-order valence-corrected chi connectivity index (χ3v) is 4.84. The molecule has 1 aliphatic rings. The molecule has 2 aromatic rings. The molecule has 1 aliphatic carbocycles. The van der Waals surface area contributed by atoms with Crippen LogP contribution in [-0.2, 0) is 4.79 Å². The van der Waals surface area contributed by atoms with Crippen LogP contribution in [0.4, 0.5) is 0 Å². The lowest BCUT2D eigenvalue weighted by atomic mass is 10.1. The predicted octanol–water partition coefficient (Wildman–Crippen LogP) is 3.81. The molecule has 0 saturated heterocycles. The lowest BCUT2D eigenvalue weighted by Crippen LogP contribution is -2.29. The lowest BCUT2D eigenvalue weighted by molar-refractivity contribution is -0.120. The van der Waals surface area contributed by atoms with Crippen molar-refractivity contribution < 1.29 is 9.53 Å². The number of rotatable bonds is 6. The van der Waals surface area contributed by atoms with E-state index in [0.29, 0.717) is 6.04 Å². The maximum atomic E-state index is 12.6. The van der Waals surface area contributed by atoms with E-state index in [1.54, 1.807) is 18.9 Å². The zero-order valence-corrected chi connectivity index (χ0v) is 13.3. The van der Waals surface area contributed by atoms with E-state index in [-0.39, 0.29) is 11.2 Å². The lowest BCUT2D eigenvalue weighted by Gasteiger charge is -2.17. The summed E-state index contributed by atoms with van der Waals surface area (Å²) in [5, 5.41) is 2.88. The summed E-state index contributed by atoms with van der Waals surface area (Å²) < 4.78 is 5.18. The Morgan fingerprint density at radius 1 is 1.14 bits per heavy atom. The van der Waals surface area contributed by atoms with Crippen molar-refractivity contribution in [3.8, 4) is 5.75 Å². The molecule has 0 heterocycles. The van der Waals surface area contributed by atoms with Crippen LogP contribution in [0.2, 0.25) is 0 Å². The molecule has 2 aromatic carbocycles. The number of ether oxygens (including phenoxy) is 1. The molecule has 4 heteroatoms. The molecule has 1 atom stereocenters. The largest absolute Gasteiger partial charge is 0.497 e. The van der Waals surface area contributed by atoms with Gasteiger partial charge in [0.15, 0.2) is 0 Å². The smallest absolute Gasteiger partial charge is 0.238 e. The number of methoxy groups -OCH3 is 1. The molecule has 0 aromatic heterocycles. The van der Waals surface area contributed by atoms with Crippen molar-refractivity contribution in [2.45, 2.75) is 29.0 Å². The van der Waals surface area contributed by atoms with Crippen LogP contribution in [0, 0.1) is 0 Å². The first kappa shape index (κ1) is 15.0. The van der Waals surface area contributed by atoms with Crippen molar-refractivity contribution in [1.29, 1.82) is 0 Å². The second kappa shape index (κ2) is 6.88. The van der Waals surface area contributed by atoms with Crippen molar-refractivity contribution in [3.63, 3.8) is 0 Å². The van der Waals surface area contributed by atoms with Gasteiger partial charge in [0, 0.05) is 10.9 Å². The molecule has 114 valence electrons. The zero-order valence-electron chi connectivity index (χ0n) is 12.5. The Morgan fingerprint density at radius 3 is 2.41 bits per heavy atom. The van der Waals surface area contributed by atoms with Crippen molar-refractivity contribution in [1.82, 2.24) is 5.32 Å². The van der Waals surface area contributed by atoms with E-state index >= 15 is 0 Å². The highest BCUT2D eigenvalue weighted by atomic mass is 32.2. The monoisotopic (exact) mass is 313 g/mol. The molecule has 1 saturated carbocycles. The molecule has 0 bridgehead atoms. The van der Waals surface area contributed by atoms with Crippen molar-refractivity contribution in [3.05, 3.63) is 60.2 Å². The Balaban J connectivity index is 1.79.